The molecule has 7 nitrogen and oxygen atoms in total. The highest BCUT2D eigenvalue weighted by molar-refractivity contribution is 6.32. The molecule has 1 aromatic carbocycles. The van der Waals surface area contributed by atoms with Crippen LogP contribution in [0.3, 0.4) is 0 Å². The number of nitrogens with one attached hydrogen (secondary N) is 1. The number of non-ortho nitro benzene ring substituents is 1. The molecule has 0 aliphatic heterocycles. The molecule has 0 unspecified atom stereocenters. The molecular formula is C11H6Cl2N4O3. The average molecular weight is 313 g/mol. The minimum absolute atomic E-state index is 0.0688. The van der Waals surface area contributed by atoms with Gasteiger partial charge in [-0.2, -0.15) is 0 Å². The van der Waals surface area contributed by atoms with Crippen LogP contribution in [0.1, 0.15) is 10.4 Å². The maximum Gasteiger partial charge on any atom is 0.270 e. The fourth-order valence-corrected chi connectivity index (χ4v) is 1.81. The predicted octanol–water partition coefficient (Wildman–Crippen LogP) is 2.94. The number of benzene rings is 1. The Bertz CT molecular complexity index is 673. The van der Waals surface area contributed by atoms with Crippen molar-refractivity contribution in [3.05, 3.63) is 56.4 Å². The van der Waals surface area contributed by atoms with Gasteiger partial charge < -0.3 is 5.32 Å². The number of nitro benzene ring substituents is 1. The van der Waals surface area contributed by atoms with Crippen LogP contribution in [0, 0.1) is 10.1 Å². The lowest BCUT2D eigenvalue weighted by Crippen LogP contribution is -2.13. The highest BCUT2D eigenvalue weighted by Crippen LogP contribution is 2.17. The number of anilines is 1. The second-order valence-corrected chi connectivity index (χ2v) is 4.33. The summed E-state index contributed by atoms with van der Waals surface area (Å²) < 4.78 is 0. The number of halogens is 2. The SMILES string of the molecule is O=C(Nc1cc(Cl)nc(Cl)n1)c1cccc([N+](=O)[O-])c1. The maximum atomic E-state index is 11.9. The second-order valence-electron chi connectivity index (χ2n) is 3.61. The molecular weight excluding hydrogens is 307 g/mol. The van der Waals surface area contributed by atoms with Gasteiger partial charge in [0.2, 0.25) is 5.28 Å². The third kappa shape index (κ3) is 3.40. The van der Waals surface area contributed by atoms with Gasteiger partial charge in [0.25, 0.3) is 11.6 Å². The van der Waals surface area contributed by atoms with Crippen LogP contribution in [0.25, 0.3) is 0 Å². The van der Waals surface area contributed by atoms with Crippen LogP contribution in [0.5, 0.6) is 0 Å². The van der Waals surface area contributed by atoms with Crippen LogP contribution >= 0.6 is 23.2 Å². The highest BCUT2D eigenvalue weighted by atomic mass is 35.5. The zero-order valence-corrected chi connectivity index (χ0v) is 11.2. The minimum atomic E-state index is -0.588. The van der Waals surface area contributed by atoms with Gasteiger partial charge in [-0.25, -0.2) is 9.97 Å². The van der Waals surface area contributed by atoms with Gasteiger partial charge in [-0.3, -0.25) is 14.9 Å². The highest BCUT2D eigenvalue weighted by Gasteiger charge is 2.12. The van der Waals surface area contributed by atoms with Crippen molar-refractivity contribution in [2.24, 2.45) is 0 Å². The molecule has 1 aromatic heterocycles. The number of hydrogen-bond donors (Lipinski definition) is 1. The van der Waals surface area contributed by atoms with Gasteiger partial charge in [-0.15, -0.1) is 0 Å². The largest absolute Gasteiger partial charge is 0.306 e. The van der Waals surface area contributed by atoms with Gasteiger partial charge in [0.15, 0.2) is 0 Å². The van der Waals surface area contributed by atoms with Crippen molar-refractivity contribution >= 4 is 40.6 Å². The average Bonchev–Trinajstić information content (AvgIpc) is 2.37. The first-order valence-corrected chi connectivity index (χ1v) is 5.97. The third-order valence-corrected chi connectivity index (χ3v) is 2.59. The van der Waals surface area contributed by atoms with Crippen molar-refractivity contribution in [3.63, 3.8) is 0 Å². The molecule has 0 aliphatic carbocycles. The number of nitrogens with zero attached hydrogens (tertiary/aromatic N) is 3. The summed E-state index contributed by atoms with van der Waals surface area (Å²) in [7, 11) is 0. The first-order chi connectivity index (χ1) is 9.45. The molecule has 1 heterocycles. The fourth-order valence-electron chi connectivity index (χ4n) is 1.40. The van der Waals surface area contributed by atoms with Crippen LogP contribution in [0.2, 0.25) is 10.4 Å². The van der Waals surface area contributed by atoms with E-state index in [4.69, 9.17) is 23.2 Å². The number of aromatic nitrogens is 2. The van der Waals surface area contributed by atoms with E-state index >= 15 is 0 Å². The molecule has 2 rings (SSSR count). The third-order valence-electron chi connectivity index (χ3n) is 2.23. The maximum absolute atomic E-state index is 11.9. The van der Waals surface area contributed by atoms with Gasteiger partial charge in [-0.1, -0.05) is 17.7 Å². The lowest BCUT2D eigenvalue weighted by molar-refractivity contribution is -0.384. The van der Waals surface area contributed by atoms with E-state index < -0.39 is 10.8 Å². The molecule has 0 aliphatic rings. The van der Waals surface area contributed by atoms with Gasteiger partial charge in [0, 0.05) is 23.8 Å². The van der Waals surface area contributed by atoms with E-state index in [1.165, 1.54) is 24.3 Å². The molecule has 0 saturated heterocycles. The lowest BCUT2D eigenvalue weighted by Gasteiger charge is -2.04. The van der Waals surface area contributed by atoms with E-state index in [0.717, 1.165) is 6.07 Å². The molecule has 0 saturated carbocycles. The van der Waals surface area contributed by atoms with Gasteiger partial charge in [0.1, 0.15) is 11.0 Å². The standard InChI is InChI=1S/C11H6Cl2N4O3/c12-8-5-9(16-11(13)14-8)15-10(18)6-2-1-3-7(4-6)17(19)20/h1-5H,(H,14,15,16,18). The predicted molar refractivity (Wildman–Crippen MR) is 73.1 cm³/mol. The number of carbonyl (C=O) groups excluding carboxylic acids is 1. The summed E-state index contributed by atoms with van der Waals surface area (Å²) in [5.41, 5.74) is -0.0681. The van der Waals surface area contributed by atoms with E-state index in [1.54, 1.807) is 0 Å². The van der Waals surface area contributed by atoms with E-state index in [-0.39, 0.29) is 27.5 Å². The Balaban J connectivity index is 2.23. The van der Waals surface area contributed by atoms with Crippen molar-refractivity contribution in [1.29, 1.82) is 0 Å². The van der Waals surface area contributed by atoms with E-state index in [2.05, 4.69) is 15.3 Å². The molecule has 20 heavy (non-hydrogen) atoms. The summed E-state index contributed by atoms with van der Waals surface area (Å²) in [6, 6.07) is 6.59. The first kappa shape index (κ1) is 14.2. The molecule has 102 valence electrons. The molecule has 1 amide bonds. The van der Waals surface area contributed by atoms with Crippen LogP contribution in [0.4, 0.5) is 11.5 Å². The molecule has 0 spiro atoms. The summed E-state index contributed by atoms with van der Waals surface area (Å²) in [4.78, 5) is 29.4. The van der Waals surface area contributed by atoms with Crippen molar-refractivity contribution < 1.29 is 9.72 Å². The van der Waals surface area contributed by atoms with E-state index in [9.17, 15) is 14.9 Å². The minimum Gasteiger partial charge on any atom is -0.306 e. The molecule has 1 N–H and O–H groups in total. The van der Waals surface area contributed by atoms with Gasteiger partial charge in [-0.05, 0) is 17.7 Å². The Morgan fingerprint density at radius 2 is 2.00 bits per heavy atom. The van der Waals surface area contributed by atoms with Crippen LogP contribution in [-0.4, -0.2) is 20.8 Å². The van der Waals surface area contributed by atoms with Crippen LogP contribution in [-0.2, 0) is 0 Å². The van der Waals surface area contributed by atoms with Crippen molar-refractivity contribution in [1.82, 2.24) is 9.97 Å². The van der Waals surface area contributed by atoms with Crippen molar-refractivity contribution in [2.45, 2.75) is 0 Å². The zero-order chi connectivity index (χ0) is 14.7. The Labute approximate surface area is 122 Å². The number of hydrogen-bond acceptors (Lipinski definition) is 5. The molecule has 9 heteroatoms. The monoisotopic (exact) mass is 312 g/mol. The van der Waals surface area contributed by atoms with Crippen molar-refractivity contribution in [2.75, 3.05) is 5.32 Å². The molecule has 0 bridgehead atoms. The van der Waals surface area contributed by atoms with Crippen LogP contribution < -0.4 is 5.32 Å². The number of rotatable bonds is 3. The summed E-state index contributed by atoms with van der Waals surface area (Å²) in [6.07, 6.45) is 0. The normalized spacial score (nSPS) is 10.1. The Morgan fingerprint density at radius 1 is 1.25 bits per heavy atom. The summed E-state index contributed by atoms with van der Waals surface area (Å²) in [5.74, 6) is -0.467. The van der Waals surface area contributed by atoms with Crippen LogP contribution in [0.15, 0.2) is 30.3 Å². The smallest absolute Gasteiger partial charge is 0.270 e. The number of carbonyl (C=O) groups is 1. The Hall–Kier alpha value is -2.25. The zero-order valence-electron chi connectivity index (χ0n) is 9.71. The summed E-state index contributed by atoms with van der Waals surface area (Å²) in [6.45, 7) is 0. The van der Waals surface area contributed by atoms with Gasteiger partial charge in [0.05, 0.1) is 4.92 Å². The second kappa shape index (κ2) is 5.81. The molecule has 0 radical (unpaired) electrons. The quantitative estimate of drug-likeness (QED) is 0.406. The summed E-state index contributed by atoms with van der Waals surface area (Å²) in [5, 5.41) is 13.0. The topological polar surface area (TPSA) is 98.0 Å². The fraction of sp³-hybridized carbons (Fsp3) is 0. The molecule has 0 fully saturated rings. The van der Waals surface area contributed by atoms with E-state index in [0.29, 0.717) is 0 Å². The first-order valence-electron chi connectivity index (χ1n) is 5.21. The lowest BCUT2D eigenvalue weighted by atomic mass is 10.2. The van der Waals surface area contributed by atoms with E-state index in [1.807, 2.05) is 0 Å². The molecule has 0 atom stereocenters. The number of amides is 1. The Kier molecular flexibility index (Phi) is 4.11. The van der Waals surface area contributed by atoms with Gasteiger partial charge >= 0.3 is 0 Å². The van der Waals surface area contributed by atoms with Crippen molar-refractivity contribution in [3.8, 4) is 0 Å². The Morgan fingerprint density at radius 3 is 2.65 bits per heavy atom. The molecule has 2 aromatic rings. The number of nitro groups is 1. The summed E-state index contributed by atoms with van der Waals surface area (Å²) >= 11 is 11.3.